The zero-order valence-corrected chi connectivity index (χ0v) is 12.2. The summed E-state index contributed by atoms with van der Waals surface area (Å²) in [6.45, 7) is 10.8. The molecule has 0 saturated heterocycles. The lowest BCUT2D eigenvalue weighted by Gasteiger charge is -2.26. The van der Waals surface area contributed by atoms with E-state index in [0.29, 0.717) is 5.92 Å². The monoisotopic (exact) mass is 248 g/mol. The Morgan fingerprint density at radius 3 is 2.33 bits per heavy atom. The molecule has 0 aliphatic heterocycles. The van der Waals surface area contributed by atoms with Crippen molar-refractivity contribution in [3.63, 3.8) is 0 Å². The highest BCUT2D eigenvalue weighted by Gasteiger charge is 2.14. The summed E-state index contributed by atoms with van der Waals surface area (Å²) in [6, 6.07) is 8.76. The minimum Gasteiger partial charge on any atom is -0.330 e. The van der Waals surface area contributed by atoms with Gasteiger partial charge in [0.2, 0.25) is 0 Å². The lowest BCUT2D eigenvalue weighted by molar-refractivity contribution is 0.258. The summed E-state index contributed by atoms with van der Waals surface area (Å²) < 4.78 is 0. The number of hydrogen-bond donors (Lipinski definition) is 1. The van der Waals surface area contributed by atoms with Gasteiger partial charge in [0, 0.05) is 19.0 Å². The molecule has 1 aromatic carbocycles. The third-order valence-corrected chi connectivity index (χ3v) is 3.36. The van der Waals surface area contributed by atoms with E-state index in [1.807, 2.05) is 0 Å². The first-order valence-corrected chi connectivity index (χ1v) is 7.20. The first-order chi connectivity index (χ1) is 8.71. The molecular weight excluding hydrogens is 220 g/mol. The number of benzene rings is 1. The van der Waals surface area contributed by atoms with Gasteiger partial charge in [-0.1, -0.05) is 43.7 Å². The molecular formula is C16H28N2. The number of hydrogen-bond acceptors (Lipinski definition) is 2. The molecule has 0 amide bonds. The van der Waals surface area contributed by atoms with E-state index in [1.54, 1.807) is 0 Å². The Morgan fingerprint density at radius 2 is 1.83 bits per heavy atom. The summed E-state index contributed by atoms with van der Waals surface area (Å²) in [4.78, 5) is 2.54. The third kappa shape index (κ3) is 4.79. The van der Waals surface area contributed by atoms with Gasteiger partial charge in [0.1, 0.15) is 0 Å². The maximum atomic E-state index is 5.97. The van der Waals surface area contributed by atoms with Crippen LogP contribution in [0.2, 0.25) is 0 Å². The van der Waals surface area contributed by atoms with Crippen LogP contribution in [0.1, 0.15) is 43.7 Å². The van der Waals surface area contributed by atoms with Crippen LogP contribution in [0.4, 0.5) is 0 Å². The first kappa shape index (κ1) is 15.2. The summed E-state index contributed by atoms with van der Waals surface area (Å²) in [6.07, 6.45) is 2.43. The maximum Gasteiger partial charge on any atom is 0.00889 e. The Labute approximate surface area is 112 Å². The Kier molecular flexibility index (Phi) is 6.99. The van der Waals surface area contributed by atoms with Crippen LogP contribution in [0.5, 0.6) is 0 Å². The number of nitrogens with two attached hydrogens (primary N) is 1. The zero-order chi connectivity index (χ0) is 13.4. The van der Waals surface area contributed by atoms with Gasteiger partial charge in [0.25, 0.3) is 0 Å². The Bertz CT molecular complexity index is 330. The molecule has 0 spiro atoms. The van der Waals surface area contributed by atoms with Crippen molar-refractivity contribution in [3.05, 3.63) is 35.4 Å². The predicted molar refractivity (Wildman–Crippen MR) is 80.0 cm³/mol. The van der Waals surface area contributed by atoms with Gasteiger partial charge >= 0.3 is 0 Å². The van der Waals surface area contributed by atoms with E-state index >= 15 is 0 Å². The lowest BCUT2D eigenvalue weighted by atomic mass is 9.97. The highest BCUT2D eigenvalue weighted by molar-refractivity contribution is 5.26. The molecule has 0 saturated carbocycles. The molecule has 0 aliphatic rings. The van der Waals surface area contributed by atoms with Gasteiger partial charge in [-0.15, -0.1) is 0 Å². The summed E-state index contributed by atoms with van der Waals surface area (Å²) in [5.41, 5.74) is 8.68. The second-order valence-electron chi connectivity index (χ2n) is 5.15. The number of aryl methyl sites for hydroxylation is 1. The zero-order valence-electron chi connectivity index (χ0n) is 12.2. The largest absolute Gasteiger partial charge is 0.330 e. The summed E-state index contributed by atoms with van der Waals surface area (Å²) >= 11 is 0. The highest BCUT2D eigenvalue weighted by Crippen LogP contribution is 2.17. The van der Waals surface area contributed by atoms with Crippen LogP contribution < -0.4 is 5.73 Å². The van der Waals surface area contributed by atoms with Crippen molar-refractivity contribution in [3.8, 4) is 0 Å². The quantitative estimate of drug-likeness (QED) is 0.765. The topological polar surface area (TPSA) is 29.3 Å². The Balaban J connectivity index is 2.70. The maximum absolute atomic E-state index is 5.97. The summed E-state index contributed by atoms with van der Waals surface area (Å²) in [5.74, 6) is 0.461. The molecule has 0 bridgehead atoms. The Morgan fingerprint density at radius 1 is 1.17 bits per heavy atom. The molecule has 1 rings (SSSR count). The van der Waals surface area contributed by atoms with E-state index < -0.39 is 0 Å². The van der Waals surface area contributed by atoms with Crippen molar-refractivity contribution in [1.29, 1.82) is 0 Å². The van der Waals surface area contributed by atoms with E-state index in [2.05, 4.69) is 49.9 Å². The van der Waals surface area contributed by atoms with E-state index in [9.17, 15) is 0 Å². The highest BCUT2D eigenvalue weighted by atomic mass is 15.1. The molecule has 2 heteroatoms. The van der Waals surface area contributed by atoms with Gasteiger partial charge in [-0.2, -0.15) is 0 Å². The van der Waals surface area contributed by atoms with Crippen molar-refractivity contribution in [2.75, 3.05) is 26.2 Å². The molecule has 1 aromatic rings. The first-order valence-electron chi connectivity index (χ1n) is 7.20. The van der Waals surface area contributed by atoms with Crippen LogP contribution >= 0.6 is 0 Å². The van der Waals surface area contributed by atoms with Crippen molar-refractivity contribution in [2.24, 2.45) is 5.73 Å². The van der Waals surface area contributed by atoms with Gasteiger partial charge in [0.05, 0.1) is 0 Å². The molecule has 0 aromatic heterocycles. The molecule has 0 aliphatic carbocycles. The van der Waals surface area contributed by atoms with Gasteiger partial charge in [-0.3, -0.25) is 0 Å². The number of nitrogens with zero attached hydrogens (tertiary/aromatic N) is 1. The Hall–Kier alpha value is -0.860. The minimum absolute atomic E-state index is 0.461. The molecule has 1 atom stereocenters. The van der Waals surface area contributed by atoms with Gasteiger partial charge in [-0.05, 0) is 38.4 Å². The van der Waals surface area contributed by atoms with Crippen LogP contribution in [0.25, 0.3) is 0 Å². The average Bonchev–Trinajstić information content (AvgIpc) is 2.36. The second-order valence-corrected chi connectivity index (χ2v) is 5.15. The number of rotatable bonds is 8. The molecule has 0 radical (unpaired) electrons. The summed E-state index contributed by atoms with van der Waals surface area (Å²) in [5, 5.41) is 0. The van der Waals surface area contributed by atoms with Crippen molar-refractivity contribution in [1.82, 2.24) is 4.90 Å². The molecule has 2 nitrogen and oxygen atoms in total. The second kappa shape index (κ2) is 8.28. The molecule has 0 fully saturated rings. The van der Waals surface area contributed by atoms with Crippen LogP contribution in [0, 0.1) is 6.92 Å². The smallest absolute Gasteiger partial charge is 0.00889 e. The normalized spacial score (nSPS) is 12.9. The SMILES string of the molecule is CCCN(CCC)CC(CN)c1cccc(C)c1. The van der Waals surface area contributed by atoms with Gasteiger partial charge in [0.15, 0.2) is 0 Å². The predicted octanol–water partition coefficient (Wildman–Crippen LogP) is 3.16. The fourth-order valence-corrected chi connectivity index (χ4v) is 2.48. The third-order valence-electron chi connectivity index (χ3n) is 3.36. The van der Waals surface area contributed by atoms with Crippen LogP contribution in [-0.4, -0.2) is 31.1 Å². The minimum atomic E-state index is 0.461. The standard InChI is InChI=1S/C16H28N2/c1-4-9-18(10-5-2)13-16(12-17)15-8-6-7-14(3)11-15/h6-8,11,16H,4-5,9-10,12-13,17H2,1-3H3. The van der Waals surface area contributed by atoms with Crippen LogP contribution in [0.3, 0.4) is 0 Å². The molecule has 2 N–H and O–H groups in total. The van der Waals surface area contributed by atoms with E-state index in [1.165, 1.54) is 37.1 Å². The summed E-state index contributed by atoms with van der Waals surface area (Å²) in [7, 11) is 0. The molecule has 102 valence electrons. The van der Waals surface area contributed by atoms with Gasteiger partial charge < -0.3 is 10.6 Å². The van der Waals surface area contributed by atoms with E-state index in [0.717, 1.165) is 13.1 Å². The fraction of sp³-hybridized carbons (Fsp3) is 0.625. The molecule has 18 heavy (non-hydrogen) atoms. The lowest BCUT2D eigenvalue weighted by Crippen LogP contribution is -2.33. The van der Waals surface area contributed by atoms with Crippen LogP contribution in [0.15, 0.2) is 24.3 Å². The van der Waals surface area contributed by atoms with Crippen molar-refractivity contribution < 1.29 is 0 Å². The van der Waals surface area contributed by atoms with E-state index in [-0.39, 0.29) is 0 Å². The van der Waals surface area contributed by atoms with Gasteiger partial charge in [-0.25, -0.2) is 0 Å². The van der Waals surface area contributed by atoms with Crippen molar-refractivity contribution in [2.45, 2.75) is 39.5 Å². The van der Waals surface area contributed by atoms with E-state index in [4.69, 9.17) is 5.73 Å². The van der Waals surface area contributed by atoms with Crippen LogP contribution in [-0.2, 0) is 0 Å². The molecule has 0 heterocycles. The van der Waals surface area contributed by atoms with Crippen molar-refractivity contribution >= 4 is 0 Å². The fourth-order valence-electron chi connectivity index (χ4n) is 2.48. The average molecular weight is 248 g/mol. The molecule has 1 unspecified atom stereocenters.